The Kier molecular flexibility index (Phi) is 2.96. The molecular weight excluding hydrogens is 228 g/mol. The molecule has 0 aromatic carbocycles. The van der Waals surface area contributed by atoms with E-state index >= 15 is 0 Å². The summed E-state index contributed by atoms with van der Waals surface area (Å²) in [6, 6.07) is 0. The van der Waals surface area contributed by atoms with Crippen molar-refractivity contribution in [3.8, 4) is 0 Å². The molecule has 0 spiro atoms. The van der Waals surface area contributed by atoms with Crippen molar-refractivity contribution in [3.05, 3.63) is 0 Å². The van der Waals surface area contributed by atoms with Crippen molar-refractivity contribution < 1.29 is 13.2 Å². The Hall–Kier alpha value is -0.620. The van der Waals surface area contributed by atoms with Crippen LogP contribution in [0.5, 0.6) is 0 Å². The van der Waals surface area contributed by atoms with Gasteiger partial charge in [-0.2, -0.15) is 0 Å². The highest BCUT2D eigenvalue weighted by molar-refractivity contribution is 7.91. The predicted molar refractivity (Wildman–Crippen MR) is 60.6 cm³/mol. The van der Waals surface area contributed by atoms with Gasteiger partial charge in [-0.15, -0.1) is 0 Å². The van der Waals surface area contributed by atoms with Crippen molar-refractivity contribution >= 4 is 15.7 Å². The van der Waals surface area contributed by atoms with Gasteiger partial charge in [0, 0.05) is 19.6 Å². The maximum absolute atomic E-state index is 12.1. The fourth-order valence-electron chi connectivity index (χ4n) is 2.13. The lowest BCUT2D eigenvalue weighted by Crippen LogP contribution is -2.41. The fourth-order valence-corrected chi connectivity index (χ4v) is 3.40. The molecule has 0 radical (unpaired) electrons. The zero-order valence-corrected chi connectivity index (χ0v) is 10.1. The van der Waals surface area contributed by atoms with E-state index < -0.39 is 9.84 Å². The molecule has 0 unspecified atom stereocenters. The number of sulfone groups is 1. The first-order valence-electron chi connectivity index (χ1n) is 5.69. The van der Waals surface area contributed by atoms with Gasteiger partial charge in [0.1, 0.15) is 0 Å². The number of nitrogens with two attached hydrogens (primary N) is 1. The van der Waals surface area contributed by atoms with Crippen LogP contribution in [0, 0.1) is 5.41 Å². The molecule has 1 heterocycles. The van der Waals surface area contributed by atoms with Crippen molar-refractivity contribution in [1.29, 1.82) is 0 Å². The number of carbonyl (C=O) groups excluding carboxylic acids is 1. The second-order valence-electron chi connectivity index (χ2n) is 4.78. The molecule has 1 saturated heterocycles. The lowest BCUT2D eigenvalue weighted by molar-refractivity contribution is -0.136. The monoisotopic (exact) mass is 246 g/mol. The lowest BCUT2D eigenvalue weighted by atomic mass is 10.1. The van der Waals surface area contributed by atoms with Gasteiger partial charge in [0.2, 0.25) is 5.91 Å². The van der Waals surface area contributed by atoms with Crippen LogP contribution in [0.4, 0.5) is 0 Å². The van der Waals surface area contributed by atoms with Crippen molar-refractivity contribution in [2.75, 3.05) is 31.1 Å². The molecule has 1 aliphatic carbocycles. The summed E-state index contributed by atoms with van der Waals surface area (Å²) in [5.74, 6) is 0.360. The molecule has 1 saturated carbocycles. The Bertz CT molecular complexity index is 387. The van der Waals surface area contributed by atoms with E-state index in [0.29, 0.717) is 26.1 Å². The Balaban J connectivity index is 2.03. The number of carbonyl (C=O) groups is 1. The van der Waals surface area contributed by atoms with Gasteiger partial charge in [0.05, 0.1) is 16.9 Å². The highest BCUT2D eigenvalue weighted by atomic mass is 32.2. The van der Waals surface area contributed by atoms with Crippen LogP contribution in [0.1, 0.15) is 19.3 Å². The topological polar surface area (TPSA) is 80.5 Å². The smallest absolute Gasteiger partial charge is 0.230 e. The Morgan fingerprint density at radius 2 is 1.94 bits per heavy atom. The first-order chi connectivity index (χ1) is 7.49. The van der Waals surface area contributed by atoms with Crippen LogP contribution in [0.25, 0.3) is 0 Å². The first kappa shape index (κ1) is 11.9. The summed E-state index contributed by atoms with van der Waals surface area (Å²) in [6.07, 6.45) is 2.26. The second-order valence-corrected chi connectivity index (χ2v) is 7.09. The minimum absolute atomic E-state index is 0.0621. The van der Waals surface area contributed by atoms with Crippen LogP contribution in [0.15, 0.2) is 0 Å². The zero-order chi connectivity index (χ0) is 11.8. The first-order valence-corrected chi connectivity index (χ1v) is 7.51. The third-order valence-corrected chi connectivity index (χ3v) is 5.26. The van der Waals surface area contributed by atoms with E-state index in [1.807, 2.05) is 0 Å². The summed E-state index contributed by atoms with van der Waals surface area (Å²) in [6.45, 7) is 1.28. The molecule has 1 amide bonds. The third-order valence-electron chi connectivity index (χ3n) is 3.54. The van der Waals surface area contributed by atoms with Crippen LogP contribution in [0.2, 0.25) is 0 Å². The van der Waals surface area contributed by atoms with Crippen LogP contribution in [-0.4, -0.2) is 50.4 Å². The average molecular weight is 246 g/mol. The summed E-state index contributed by atoms with van der Waals surface area (Å²) in [5, 5.41) is 0. The molecule has 1 aliphatic heterocycles. The maximum Gasteiger partial charge on any atom is 0.230 e. The summed E-state index contributed by atoms with van der Waals surface area (Å²) in [5.41, 5.74) is 5.25. The van der Waals surface area contributed by atoms with Gasteiger partial charge in [0.25, 0.3) is 0 Å². The van der Waals surface area contributed by atoms with E-state index in [0.717, 1.165) is 12.8 Å². The lowest BCUT2D eigenvalue weighted by Gasteiger charge is -2.24. The van der Waals surface area contributed by atoms with E-state index in [1.165, 1.54) is 0 Å². The van der Waals surface area contributed by atoms with Crippen LogP contribution >= 0.6 is 0 Å². The van der Waals surface area contributed by atoms with Gasteiger partial charge >= 0.3 is 0 Å². The van der Waals surface area contributed by atoms with Crippen molar-refractivity contribution in [1.82, 2.24) is 4.90 Å². The molecule has 0 aromatic rings. The Morgan fingerprint density at radius 3 is 2.50 bits per heavy atom. The van der Waals surface area contributed by atoms with Gasteiger partial charge in [-0.3, -0.25) is 4.79 Å². The van der Waals surface area contributed by atoms with Crippen LogP contribution in [0.3, 0.4) is 0 Å². The quantitative estimate of drug-likeness (QED) is 0.703. The molecule has 2 fully saturated rings. The molecule has 0 aromatic heterocycles. The van der Waals surface area contributed by atoms with E-state index in [1.54, 1.807) is 4.90 Å². The summed E-state index contributed by atoms with van der Waals surface area (Å²) >= 11 is 0. The zero-order valence-electron chi connectivity index (χ0n) is 9.31. The largest absolute Gasteiger partial charge is 0.341 e. The minimum Gasteiger partial charge on any atom is -0.341 e. The van der Waals surface area contributed by atoms with E-state index in [-0.39, 0.29) is 22.8 Å². The molecule has 16 heavy (non-hydrogen) atoms. The SMILES string of the molecule is NCC1(C(=O)N2CCCS(=O)(=O)CC2)CC1. The normalized spacial score (nSPS) is 27.2. The third kappa shape index (κ3) is 2.22. The predicted octanol–water partition coefficient (Wildman–Crippen LogP) is -0.628. The standard InChI is InChI=1S/C10H18N2O3S/c11-8-10(2-3-10)9(13)12-4-1-6-16(14,15)7-5-12/h1-8,11H2. The molecule has 6 heteroatoms. The van der Waals surface area contributed by atoms with Gasteiger partial charge in [-0.1, -0.05) is 0 Å². The highest BCUT2D eigenvalue weighted by Crippen LogP contribution is 2.46. The molecule has 2 rings (SSSR count). The number of nitrogens with zero attached hydrogens (tertiary/aromatic N) is 1. The van der Waals surface area contributed by atoms with Gasteiger partial charge in [-0.05, 0) is 19.3 Å². The average Bonchev–Trinajstić information content (AvgIpc) is 3.02. The molecule has 5 nitrogen and oxygen atoms in total. The van der Waals surface area contributed by atoms with E-state index in [2.05, 4.69) is 0 Å². The molecule has 0 bridgehead atoms. The van der Waals surface area contributed by atoms with E-state index in [9.17, 15) is 13.2 Å². The Morgan fingerprint density at radius 1 is 1.25 bits per heavy atom. The fraction of sp³-hybridized carbons (Fsp3) is 0.900. The summed E-state index contributed by atoms with van der Waals surface area (Å²) in [4.78, 5) is 13.8. The molecule has 2 aliphatic rings. The minimum atomic E-state index is -2.94. The van der Waals surface area contributed by atoms with Gasteiger partial charge < -0.3 is 10.6 Å². The van der Waals surface area contributed by atoms with Gasteiger partial charge in [-0.25, -0.2) is 8.42 Å². The number of rotatable bonds is 2. The Labute approximate surface area is 95.9 Å². The highest BCUT2D eigenvalue weighted by Gasteiger charge is 2.50. The molecule has 2 N–H and O–H groups in total. The van der Waals surface area contributed by atoms with Gasteiger partial charge in [0.15, 0.2) is 9.84 Å². The van der Waals surface area contributed by atoms with E-state index in [4.69, 9.17) is 5.73 Å². The number of hydrogen-bond donors (Lipinski definition) is 1. The summed E-state index contributed by atoms with van der Waals surface area (Å²) in [7, 11) is -2.94. The summed E-state index contributed by atoms with van der Waals surface area (Å²) < 4.78 is 22.8. The molecule has 92 valence electrons. The number of hydrogen-bond acceptors (Lipinski definition) is 4. The molecule has 0 atom stereocenters. The van der Waals surface area contributed by atoms with Crippen LogP contribution < -0.4 is 5.73 Å². The van der Waals surface area contributed by atoms with Crippen molar-refractivity contribution in [2.45, 2.75) is 19.3 Å². The second kappa shape index (κ2) is 4.00. The van der Waals surface area contributed by atoms with Crippen molar-refractivity contribution in [3.63, 3.8) is 0 Å². The molecular formula is C10H18N2O3S. The van der Waals surface area contributed by atoms with Crippen molar-refractivity contribution in [2.24, 2.45) is 11.1 Å². The number of amides is 1. The maximum atomic E-state index is 12.1. The van der Waals surface area contributed by atoms with Crippen LogP contribution in [-0.2, 0) is 14.6 Å².